The van der Waals surface area contributed by atoms with E-state index in [4.69, 9.17) is 10.2 Å². The van der Waals surface area contributed by atoms with Crippen LogP contribution in [0.1, 0.15) is 12.8 Å². The molecule has 0 radical (unpaired) electrons. The number of thioether (sulfide) groups is 1. The predicted molar refractivity (Wildman–Crippen MR) is 69.4 cm³/mol. The SMILES string of the molecule is O=C(CSCC(O)CO)NC(=O)CN1CCCC1=O. The Morgan fingerprint density at radius 3 is 2.74 bits per heavy atom. The van der Waals surface area contributed by atoms with Crippen LogP contribution >= 0.6 is 11.8 Å². The molecule has 8 heteroatoms. The predicted octanol–water partition coefficient (Wildman–Crippen LogP) is -1.66. The van der Waals surface area contributed by atoms with Gasteiger partial charge in [-0.3, -0.25) is 19.7 Å². The summed E-state index contributed by atoms with van der Waals surface area (Å²) in [7, 11) is 0. The molecule has 0 aromatic rings. The lowest BCUT2D eigenvalue weighted by Gasteiger charge is -2.14. The lowest BCUT2D eigenvalue weighted by molar-refractivity contribution is -0.135. The number of hydrogen-bond donors (Lipinski definition) is 3. The van der Waals surface area contributed by atoms with Gasteiger partial charge >= 0.3 is 0 Å². The molecule has 1 rings (SSSR count). The third-order valence-corrected chi connectivity index (χ3v) is 3.63. The highest BCUT2D eigenvalue weighted by molar-refractivity contribution is 7.99. The Labute approximate surface area is 115 Å². The first-order valence-electron chi connectivity index (χ1n) is 6.00. The van der Waals surface area contributed by atoms with Gasteiger partial charge < -0.3 is 15.1 Å². The lowest BCUT2D eigenvalue weighted by Crippen LogP contribution is -2.41. The minimum Gasteiger partial charge on any atom is -0.394 e. The maximum atomic E-state index is 11.5. The van der Waals surface area contributed by atoms with Crippen LogP contribution < -0.4 is 5.32 Å². The topological polar surface area (TPSA) is 107 Å². The standard InChI is InChI=1S/C11H18N2O5S/c14-5-8(15)6-19-7-10(17)12-9(16)4-13-3-1-2-11(13)18/h8,14-15H,1-7H2,(H,12,16,17). The Morgan fingerprint density at radius 2 is 2.16 bits per heavy atom. The van der Waals surface area contributed by atoms with Crippen molar-refractivity contribution in [3.05, 3.63) is 0 Å². The second-order valence-electron chi connectivity index (χ2n) is 4.24. The van der Waals surface area contributed by atoms with E-state index in [1.807, 2.05) is 0 Å². The van der Waals surface area contributed by atoms with Crippen molar-refractivity contribution >= 4 is 29.5 Å². The average Bonchev–Trinajstić information content (AvgIpc) is 2.74. The van der Waals surface area contributed by atoms with E-state index in [2.05, 4.69) is 5.32 Å². The van der Waals surface area contributed by atoms with Crippen molar-refractivity contribution in [2.75, 3.05) is 31.2 Å². The summed E-state index contributed by atoms with van der Waals surface area (Å²) >= 11 is 1.12. The molecular weight excluding hydrogens is 272 g/mol. The van der Waals surface area contributed by atoms with E-state index in [9.17, 15) is 14.4 Å². The number of likely N-dealkylation sites (tertiary alicyclic amines) is 1. The van der Waals surface area contributed by atoms with Gasteiger partial charge in [0.25, 0.3) is 0 Å². The molecule has 1 atom stereocenters. The first kappa shape index (κ1) is 15.9. The fourth-order valence-corrected chi connectivity index (χ4v) is 2.37. The molecule has 3 N–H and O–H groups in total. The van der Waals surface area contributed by atoms with Crippen molar-refractivity contribution in [3.63, 3.8) is 0 Å². The molecule has 1 aliphatic rings. The van der Waals surface area contributed by atoms with Gasteiger partial charge in [0.15, 0.2) is 0 Å². The van der Waals surface area contributed by atoms with Crippen molar-refractivity contribution in [1.29, 1.82) is 0 Å². The summed E-state index contributed by atoms with van der Waals surface area (Å²) < 4.78 is 0. The quantitative estimate of drug-likeness (QED) is 0.518. The number of nitrogens with one attached hydrogen (secondary N) is 1. The molecule has 1 aliphatic heterocycles. The molecule has 0 aromatic carbocycles. The molecule has 3 amide bonds. The van der Waals surface area contributed by atoms with Gasteiger partial charge in [-0.15, -0.1) is 11.8 Å². The van der Waals surface area contributed by atoms with Crippen LogP contribution in [0.2, 0.25) is 0 Å². The van der Waals surface area contributed by atoms with Crippen molar-refractivity contribution in [1.82, 2.24) is 10.2 Å². The third-order valence-electron chi connectivity index (χ3n) is 2.54. The second-order valence-corrected chi connectivity index (χ2v) is 5.27. The summed E-state index contributed by atoms with van der Waals surface area (Å²) in [6.07, 6.45) is 0.334. The van der Waals surface area contributed by atoms with E-state index in [0.29, 0.717) is 13.0 Å². The summed E-state index contributed by atoms with van der Waals surface area (Å²) in [6.45, 7) is 0.108. The number of rotatable bonds is 7. The largest absolute Gasteiger partial charge is 0.394 e. The normalized spacial score (nSPS) is 16.5. The number of carbonyl (C=O) groups is 3. The van der Waals surface area contributed by atoms with Crippen molar-refractivity contribution in [2.45, 2.75) is 18.9 Å². The van der Waals surface area contributed by atoms with E-state index in [-0.39, 0.29) is 30.6 Å². The lowest BCUT2D eigenvalue weighted by atomic mass is 10.4. The fourth-order valence-electron chi connectivity index (χ4n) is 1.62. The first-order valence-corrected chi connectivity index (χ1v) is 7.15. The Morgan fingerprint density at radius 1 is 1.42 bits per heavy atom. The molecule has 1 heterocycles. The Balaban J connectivity index is 2.17. The zero-order chi connectivity index (χ0) is 14.3. The monoisotopic (exact) mass is 290 g/mol. The van der Waals surface area contributed by atoms with Gasteiger partial charge in [0, 0.05) is 18.7 Å². The number of aliphatic hydroxyl groups is 2. The highest BCUT2D eigenvalue weighted by Crippen LogP contribution is 2.08. The molecule has 0 spiro atoms. The molecule has 0 aliphatic carbocycles. The van der Waals surface area contributed by atoms with Gasteiger partial charge in [0.2, 0.25) is 17.7 Å². The molecule has 19 heavy (non-hydrogen) atoms. The van der Waals surface area contributed by atoms with Crippen LogP contribution in [0, 0.1) is 0 Å². The third kappa shape index (κ3) is 6.04. The molecule has 108 valence electrons. The van der Waals surface area contributed by atoms with Crippen molar-refractivity contribution < 1.29 is 24.6 Å². The molecule has 0 saturated carbocycles. The molecular formula is C11H18N2O5S. The van der Waals surface area contributed by atoms with E-state index in [1.54, 1.807) is 0 Å². The summed E-state index contributed by atoms with van der Waals surface area (Å²) in [5, 5.41) is 19.8. The smallest absolute Gasteiger partial charge is 0.246 e. The van der Waals surface area contributed by atoms with Crippen LogP contribution in [0.4, 0.5) is 0 Å². The fraction of sp³-hybridized carbons (Fsp3) is 0.727. The van der Waals surface area contributed by atoms with Crippen molar-refractivity contribution in [2.24, 2.45) is 0 Å². The number of nitrogens with zero attached hydrogens (tertiary/aromatic N) is 1. The van der Waals surface area contributed by atoms with E-state index in [0.717, 1.165) is 18.2 Å². The number of aliphatic hydroxyl groups excluding tert-OH is 2. The molecule has 1 fully saturated rings. The van der Waals surface area contributed by atoms with Gasteiger partial charge in [0.1, 0.15) is 0 Å². The number of carbonyl (C=O) groups excluding carboxylic acids is 3. The van der Waals surface area contributed by atoms with E-state index in [1.165, 1.54) is 4.90 Å². The van der Waals surface area contributed by atoms with Crippen LogP contribution in [-0.2, 0) is 14.4 Å². The number of hydrogen-bond acceptors (Lipinski definition) is 6. The van der Waals surface area contributed by atoms with Gasteiger partial charge in [-0.1, -0.05) is 0 Å². The first-order chi connectivity index (χ1) is 9.02. The molecule has 1 saturated heterocycles. The Bertz CT molecular complexity index is 350. The summed E-state index contributed by atoms with van der Waals surface area (Å²) in [6, 6.07) is 0. The molecule has 0 aromatic heterocycles. The van der Waals surface area contributed by atoms with Crippen LogP contribution in [0.25, 0.3) is 0 Å². The molecule has 7 nitrogen and oxygen atoms in total. The molecule has 1 unspecified atom stereocenters. The maximum Gasteiger partial charge on any atom is 0.246 e. The Kier molecular flexibility index (Phi) is 6.82. The number of imide groups is 1. The van der Waals surface area contributed by atoms with Crippen LogP contribution in [0.15, 0.2) is 0 Å². The minimum absolute atomic E-state index is 0.0246. The number of amides is 3. The maximum absolute atomic E-state index is 11.5. The van der Waals surface area contributed by atoms with E-state index < -0.39 is 17.9 Å². The summed E-state index contributed by atoms with van der Waals surface area (Å²) in [4.78, 5) is 35.6. The Hall–Kier alpha value is -1.12. The van der Waals surface area contributed by atoms with Gasteiger partial charge in [-0.2, -0.15) is 0 Å². The van der Waals surface area contributed by atoms with Gasteiger partial charge in [0.05, 0.1) is 25.0 Å². The summed E-state index contributed by atoms with van der Waals surface area (Å²) in [5.74, 6) is -0.780. The highest BCUT2D eigenvalue weighted by atomic mass is 32.2. The van der Waals surface area contributed by atoms with Gasteiger partial charge in [-0.05, 0) is 6.42 Å². The average molecular weight is 290 g/mol. The highest BCUT2D eigenvalue weighted by Gasteiger charge is 2.22. The van der Waals surface area contributed by atoms with Crippen molar-refractivity contribution in [3.8, 4) is 0 Å². The second kappa shape index (κ2) is 8.13. The van der Waals surface area contributed by atoms with Crippen LogP contribution in [0.5, 0.6) is 0 Å². The van der Waals surface area contributed by atoms with Crippen LogP contribution in [-0.4, -0.2) is 70.1 Å². The zero-order valence-corrected chi connectivity index (χ0v) is 11.3. The zero-order valence-electron chi connectivity index (χ0n) is 10.5. The summed E-state index contributed by atoms with van der Waals surface area (Å²) in [5.41, 5.74) is 0. The van der Waals surface area contributed by atoms with Gasteiger partial charge in [-0.25, -0.2) is 0 Å². The minimum atomic E-state index is -0.865. The van der Waals surface area contributed by atoms with E-state index >= 15 is 0 Å². The van der Waals surface area contributed by atoms with Crippen LogP contribution in [0.3, 0.4) is 0 Å². The molecule has 0 bridgehead atoms.